The molecule has 1 unspecified atom stereocenters. The third-order valence-electron chi connectivity index (χ3n) is 3.22. The monoisotopic (exact) mass is 268 g/mol. The van der Waals surface area contributed by atoms with Crippen LogP contribution >= 0.6 is 11.8 Å². The highest BCUT2D eigenvalue weighted by Crippen LogP contribution is 2.42. The van der Waals surface area contributed by atoms with Crippen molar-refractivity contribution in [3.05, 3.63) is 0 Å². The number of thioether (sulfide) groups is 1. The van der Waals surface area contributed by atoms with Gasteiger partial charge >= 0.3 is 5.51 Å². The minimum absolute atomic E-state index is 0.0212. The highest BCUT2D eigenvalue weighted by atomic mass is 32.2. The van der Waals surface area contributed by atoms with Crippen molar-refractivity contribution in [2.45, 2.75) is 43.4 Å². The first kappa shape index (κ1) is 13.0. The predicted octanol–water partition coefficient (Wildman–Crippen LogP) is 1.94. The summed E-state index contributed by atoms with van der Waals surface area (Å²) in [5.41, 5.74) is -4.64. The molecule has 0 bridgehead atoms. The fraction of sp³-hybridized carbons (Fsp3) is 0.900. The van der Waals surface area contributed by atoms with Crippen molar-refractivity contribution in [1.29, 1.82) is 0 Å². The molecule has 0 aromatic heterocycles. The molecule has 2 rings (SSSR count). The third-order valence-corrected chi connectivity index (χ3v) is 3.94. The number of carbonyl (C=O) groups is 1. The van der Waals surface area contributed by atoms with E-state index in [9.17, 15) is 18.0 Å². The van der Waals surface area contributed by atoms with Crippen LogP contribution < -0.4 is 5.32 Å². The molecule has 1 heterocycles. The summed E-state index contributed by atoms with van der Waals surface area (Å²) >= 11 is -0.0661. The van der Waals surface area contributed by atoms with Gasteiger partial charge in [0.2, 0.25) is 5.91 Å². The van der Waals surface area contributed by atoms with E-state index in [-0.39, 0.29) is 36.1 Å². The van der Waals surface area contributed by atoms with Crippen molar-refractivity contribution < 1.29 is 18.0 Å². The number of hydrogen-bond acceptors (Lipinski definition) is 3. The number of hydrogen-bond donors (Lipinski definition) is 1. The Balaban J connectivity index is 1.88. The van der Waals surface area contributed by atoms with Crippen LogP contribution in [-0.4, -0.2) is 40.3 Å². The molecule has 1 spiro atoms. The smallest absolute Gasteiger partial charge is 0.325 e. The maximum atomic E-state index is 12.0. The lowest BCUT2D eigenvalue weighted by Crippen LogP contribution is -2.38. The largest absolute Gasteiger partial charge is 0.441 e. The lowest BCUT2D eigenvalue weighted by molar-refractivity contribution is -0.130. The van der Waals surface area contributed by atoms with Gasteiger partial charge in [0.15, 0.2) is 0 Å². The fourth-order valence-electron chi connectivity index (χ4n) is 2.20. The quantitative estimate of drug-likeness (QED) is 0.845. The van der Waals surface area contributed by atoms with E-state index in [1.165, 1.54) is 0 Å². The first-order valence-corrected chi connectivity index (χ1v) is 6.66. The van der Waals surface area contributed by atoms with Gasteiger partial charge in [-0.05, 0) is 31.0 Å². The molecule has 2 fully saturated rings. The zero-order chi connectivity index (χ0) is 12.7. The lowest BCUT2D eigenvalue weighted by Gasteiger charge is -2.22. The second-order valence-corrected chi connectivity index (χ2v) is 5.60. The molecule has 1 N–H and O–H groups in total. The summed E-state index contributed by atoms with van der Waals surface area (Å²) in [6.45, 7) is 2.09. The predicted molar refractivity (Wildman–Crippen MR) is 59.4 cm³/mol. The Kier molecular flexibility index (Phi) is 3.33. The van der Waals surface area contributed by atoms with Crippen LogP contribution in [0.4, 0.5) is 13.2 Å². The van der Waals surface area contributed by atoms with Gasteiger partial charge in [-0.25, -0.2) is 0 Å². The normalized spacial score (nSPS) is 26.9. The molecule has 1 aliphatic carbocycles. The molecular weight excluding hydrogens is 253 g/mol. The summed E-state index contributed by atoms with van der Waals surface area (Å²) in [7, 11) is 0. The average molecular weight is 268 g/mol. The Morgan fingerprint density at radius 3 is 2.65 bits per heavy atom. The first-order valence-electron chi connectivity index (χ1n) is 5.67. The molecule has 3 nitrogen and oxygen atoms in total. The minimum atomic E-state index is -4.21. The van der Waals surface area contributed by atoms with Gasteiger partial charge in [0.1, 0.15) is 0 Å². The molecule has 1 aliphatic heterocycles. The maximum absolute atomic E-state index is 12.0. The molecular formula is C10H15F3N2OS. The van der Waals surface area contributed by atoms with Crippen LogP contribution in [-0.2, 0) is 4.79 Å². The van der Waals surface area contributed by atoms with Crippen LogP contribution in [0.3, 0.4) is 0 Å². The molecule has 1 saturated carbocycles. The van der Waals surface area contributed by atoms with Crippen LogP contribution in [0.1, 0.15) is 26.2 Å². The number of alkyl halides is 3. The zero-order valence-corrected chi connectivity index (χ0v) is 10.3. The number of amides is 1. The summed E-state index contributed by atoms with van der Waals surface area (Å²) in [4.78, 5) is 13.5. The second kappa shape index (κ2) is 4.35. The third kappa shape index (κ3) is 2.70. The number of nitrogens with one attached hydrogen (secondary N) is 1. The first-order chi connectivity index (χ1) is 7.88. The second-order valence-electron chi connectivity index (χ2n) is 4.44. The molecule has 0 aromatic carbocycles. The van der Waals surface area contributed by atoms with E-state index in [0.29, 0.717) is 0 Å². The molecule has 1 atom stereocenters. The SMILES string of the molecule is CCC1NC2(CC2)C(=O)N1CCSC(F)(F)F. The molecule has 17 heavy (non-hydrogen) atoms. The van der Waals surface area contributed by atoms with E-state index in [0.717, 1.165) is 19.3 Å². The van der Waals surface area contributed by atoms with Crippen LogP contribution in [0.5, 0.6) is 0 Å². The van der Waals surface area contributed by atoms with Crippen molar-refractivity contribution in [3.8, 4) is 0 Å². The minimum Gasteiger partial charge on any atom is -0.325 e. The van der Waals surface area contributed by atoms with Gasteiger partial charge in [-0.2, -0.15) is 13.2 Å². The van der Waals surface area contributed by atoms with Gasteiger partial charge in [-0.1, -0.05) is 6.92 Å². The number of rotatable bonds is 4. The zero-order valence-electron chi connectivity index (χ0n) is 9.51. The Morgan fingerprint density at radius 2 is 2.18 bits per heavy atom. The fourth-order valence-corrected chi connectivity index (χ4v) is 2.72. The van der Waals surface area contributed by atoms with E-state index in [1.807, 2.05) is 6.92 Å². The summed E-state index contributed by atoms with van der Waals surface area (Å²) in [5.74, 6) is -0.115. The molecule has 0 radical (unpaired) electrons. The van der Waals surface area contributed by atoms with Gasteiger partial charge in [-0.15, -0.1) is 0 Å². The van der Waals surface area contributed by atoms with Gasteiger partial charge in [0, 0.05) is 12.3 Å². The van der Waals surface area contributed by atoms with E-state index >= 15 is 0 Å². The summed E-state index contributed by atoms with van der Waals surface area (Å²) in [6, 6.07) is 0. The Bertz CT molecular complexity index is 317. The van der Waals surface area contributed by atoms with Crippen LogP contribution in [0.25, 0.3) is 0 Å². The summed E-state index contributed by atoms with van der Waals surface area (Å²) in [6.07, 6.45) is 2.25. The number of carbonyl (C=O) groups excluding carboxylic acids is 1. The van der Waals surface area contributed by atoms with E-state index in [4.69, 9.17) is 0 Å². The average Bonchev–Trinajstić information content (AvgIpc) is 2.95. The summed E-state index contributed by atoms with van der Waals surface area (Å²) in [5, 5.41) is 3.22. The summed E-state index contributed by atoms with van der Waals surface area (Å²) < 4.78 is 36.0. The topological polar surface area (TPSA) is 32.3 Å². The van der Waals surface area contributed by atoms with Crippen molar-refractivity contribution >= 4 is 17.7 Å². The van der Waals surface area contributed by atoms with Crippen molar-refractivity contribution in [1.82, 2.24) is 10.2 Å². The standard InChI is InChI=1S/C10H15F3N2OS/c1-2-7-14-9(3-4-9)8(16)15(7)5-6-17-10(11,12)13/h7,14H,2-6H2,1H3. The Hall–Kier alpha value is -0.430. The molecule has 7 heteroatoms. The Labute approximate surface area is 102 Å². The lowest BCUT2D eigenvalue weighted by atomic mass is 10.3. The van der Waals surface area contributed by atoms with Crippen LogP contribution in [0, 0.1) is 0 Å². The van der Waals surface area contributed by atoms with Gasteiger partial charge < -0.3 is 4.90 Å². The highest BCUT2D eigenvalue weighted by Gasteiger charge is 2.58. The highest BCUT2D eigenvalue weighted by molar-refractivity contribution is 8.00. The maximum Gasteiger partial charge on any atom is 0.441 e. The van der Waals surface area contributed by atoms with Gasteiger partial charge in [0.25, 0.3) is 0 Å². The Morgan fingerprint density at radius 1 is 1.53 bits per heavy atom. The van der Waals surface area contributed by atoms with E-state index in [1.54, 1.807) is 4.90 Å². The van der Waals surface area contributed by atoms with Crippen molar-refractivity contribution in [3.63, 3.8) is 0 Å². The molecule has 98 valence electrons. The van der Waals surface area contributed by atoms with E-state index in [2.05, 4.69) is 5.32 Å². The number of nitrogens with zero attached hydrogens (tertiary/aromatic N) is 1. The number of halogens is 3. The van der Waals surface area contributed by atoms with E-state index < -0.39 is 11.0 Å². The molecule has 0 aromatic rings. The van der Waals surface area contributed by atoms with Crippen molar-refractivity contribution in [2.75, 3.05) is 12.3 Å². The van der Waals surface area contributed by atoms with Crippen LogP contribution in [0.2, 0.25) is 0 Å². The molecule has 1 saturated heterocycles. The van der Waals surface area contributed by atoms with Gasteiger partial charge in [0.05, 0.1) is 11.7 Å². The molecule has 2 aliphatic rings. The van der Waals surface area contributed by atoms with Crippen molar-refractivity contribution in [2.24, 2.45) is 0 Å². The molecule has 1 amide bonds. The van der Waals surface area contributed by atoms with Gasteiger partial charge in [-0.3, -0.25) is 10.1 Å². The van der Waals surface area contributed by atoms with Crippen LogP contribution in [0.15, 0.2) is 0 Å².